The van der Waals surface area contributed by atoms with Gasteiger partial charge in [-0.25, -0.2) is 0 Å². The summed E-state index contributed by atoms with van der Waals surface area (Å²) in [6.45, 7) is 1.87. The Morgan fingerprint density at radius 2 is 1.86 bits per heavy atom. The number of rotatable bonds is 5. The Kier molecular flexibility index (Phi) is 4.47. The van der Waals surface area contributed by atoms with Gasteiger partial charge in [-0.2, -0.15) is 0 Å². The van der Waals surface area contributed by atoms with Gasteiger partial charge in [0.05, 0.1) is 19.7 Å². The molecule has 1 heterocycles. The van der Waals surface area contributed by atoms with E-state index >= 15 is 0 Å². The van der Waals surface area contributed by atoms with Crippen LogP contribution in [0.5, 0.6) is 11.5 Å². The van der Waals surface area contributed by atoms with E-state index in [0.29, 0.717) is 35.5 Å². The van der Waals surface area contributed by atoms with Gasteiger partial charge in [0, 0.05) is 30.5 Å². The van der Waals surface area contributed by atoms with E-state index in [2.05, 4.69) is 10.3 Å². The van der Waals surface area contributed by atoms with Gasteiger partial charge in [-0.3, -0.25) is 9.59 Å². The van der Waals surface area contributed by atoms with Gasteiger partial charge in [-0.05, 0) is 18.6 Å². The fraction of sp³-hybridized carbons (Fsp3) is 0.333. The van der Waals surface area contributed by atoms with E-state index in [-0.39, 0.29) is 11.5 Å². The second-order valence-corrected chi connectivity index (χ2v) is 4.65. The SMILES string of the molecule is COc1cc2cc(CCNC(C)=O)c(=O)[nH]c2cc1OC. The molecule has 0 fully saturated rings. The summed E-state index contributed by atoms with van der Waals surface area (Å²) in [5, 5.41) is 3.53. The van der Waals surface area contributed by atoms with Crippen LogP contribution < -0.4 is 20.3 Å². The lowest BCUT2D eigenvalue weighted by Crippen LogP contribution is -2.25. The average Bonchev–Trinajstić information content (AvgIpc) is 2.46. The highest BCUT2D eigenvalue weighted by molar-refractivity contribution is 5.83. The molecular formula is C15H18N2O4. The molecule has 0 aliphatic heterocycles. The van der Waals surface area contributed by atoms with E-state index < -0.39 is 0 Å². The van der Waals surface area contributed by atoms with Crippen molar-refractivity contribution < 1.29 is 14.3 Å². The van der Waals surface area contributed by atoms with Crippen LogP contribution >= 0.6 is 0 Å². The minimum atomic E-state index is -0.167. The summed E-state index contributed by atoms with van der Waals surface area (Å²) in [4.78, 5) is 25.7. The number of hydrogen-bond acceptors (Lipinski definition) is 4. The minimum Gasteiger partial charge on any atom is -0.493 e. The maximum Gasteiger partial charge on any atom is 0.251 e. The second-order valence-electron chi connectivity index (χ2n) is 4.65. The van der Waals surface area contributed by atoms with Crippen molar-refractivity contribution in [3.05, 3.63) is 34.1 Å². The molecule has 0 bridgehead atoms. The fourth-order valence-corrected chi connectivity index (χ4v) is 2.14. The lowest BCUT2D eigenvalue weighted by molar-refractivity contribution is -0.118. The van der Waals surface area contributed by atoms with Crippen molar-refractivity contribution in [3.63, 3.8) is 0 Å². The zero-order chi connectivity index (χ0) is 15.4. The van der Waals surface area contributed by atoms with Crippen molar-refractivity contribution >= 4 is 16.8 Å². The van der Waals surface area contributed by atoms with Crippen molar-refractivity contribution in [2.24, 2.45) is 0 Å². The number of aromatic amines is 1. The molecule has 0 aliphatic rings. The molecule has 2 aromatic rings. The number of ether oxygens (including phenoxy) is 2. The van der Waals surface area contributed by atoms with Crippen LogP contribution in [-0.2, 0) is 11.2 Å². The number of hydrogen-bond donors (Lipinski definition) is 2. The van der Waals surface area contributed by atoms with Crippen LogP contribution in [0.25, 0.3) is 10.9 Å². The molecule has 6 heteroatoms. The van der Waals surface area contributed by atoms with Gasteiger partial charge in [0.15, 0.2) is 11.5 Å². The van der Waals surface area contributed by atoms with E-state index in [1.165, 1.54) is 6.92 Å². The molecule has 1 aromatic heterocycles. The van der Waals surface area contributed by atoms with Crippen molar-refractivity contribution in [1.82, 2.24) is 10.3 Å². The Hall–Kier alpha value is -2.50. The molecule has 2 rings (SSSR count). The predicted octanol–water partition coefficient (Wildman–Crippen LogP) is 1.22. The third-order valence-corrected chi connectivity index (χ3v) is 3.19. The molecule has 1 aromatic carbocycles. The normalized spacial score (nSPS) is 10.4. The molecule has 0 saturated heterocycles. The summed E-state index contributed by atoms with van der Waals surface area (Å²) < 4.78 is 10.5. The first-order valence-corrected chi connectivity index (χ1v) is 6.57. The van der Waals surface area contributed by atoms with E-state index in [4.69, 9.17) is 9.47 Å². The summed E-state index contributed by atoms with van der Waals surface area (Å²) >= 11 is 0. The number of H-pyrrole nitrogens is 1. The number of fused-ring (bicyclic) bond motifs is 1. The zero-order valence-corrected chi connectivity index (χ0v) is 12.3. The fourth-order valence-electron chi connectivity index (χ4n) is 2.14. The average molecular weight is 290 g/mol. The number of methoxy groups -OCH3 is 2. The van der Waals surface area contributed by atoms with E-state index in [0.717, 1.165) is 5.39 Å². The van der Waals surface area contributed by atoms with Gasteiger partial charge in [-0.1, -0.05) is 0 Å². The lowest BCUT2D eigenvalue weighted by atomic mass is 10.1. The molecule has 0 spiro atoms. The van der Waals surface area contributed by atoms with E-state index in [1.54, 1.807) is 26.4 Å². The number of carbonyl (C=O) groups is 1. The molecule has 21 heavy (non-hydrogen) atoms. The third-order valence-electron chi connectivity index (χ3n) is 3.19. The van der Waals surface area contributed by atoms with Crippen LogP contribution in [0.3, 0.4) is 0 Å². The molecule has 1 amide bonds. The Bertz CT molecular complexity index is 721. The summed E-state index contributed by atoms with van der Waals surface area (Å²) in [6, 6.07) is 5.34. The number of nitrogens with one attached hydrogen (secondary N) is 2. The molecule has 112 valence electrons. The van der Waals surface area contributed by atoms with Crippen molar-refractivity contribution in [2.45, 2.75) is 13.3 Å². The summed E-state index contributed by atoms with van der Waals surface area (Å²) in [6.07, 6.45) is 0.471. The topological polar surface area (TPSA) is 80.4 Å². The van der Waals surface area contributed by atoms with Crippen LogP contribution in [0, 0.1) is 0 Å². The first-order valence-electron chi connectivity index (χ1n) is 6.57. The number of carbonyl (C=O) groups excluding carboxylic acids is 1. The lowest BCUT2D eigenvalue weighted by Gasteiger charge is -2.10. The van der Waals surface area contributed by atoms with Crippen LogP contribution in [0.4, 0.5) is 0 Å². The monoisotopic (exact) mass is 290 g/mol. The predicted molar refractivity (Wildman–Crippen MR) is 80.1 cm³/mol. The molecule has 6 nitrogen and oxygen atoms in total. The largest absolute Gasteiger partial charge is 0.493 e. The molecule has 0 saturated carbocycles. The van der Waals surface area contributed by atoms with Gasteiger partial charge in [-0.15, -0.1) is 0 Å². The van der Waals surface area contributed by atoms with Gasteiger partial charge >= 0.3 is 0 Å². The van der Waals surface area contributed by atoms with Gasteiger partial charge in [0.25, 0.3) is 5.56 Å². The molecule has 0 unspecified atom stereocenters. The summed E-state index contributed by atoms with van der Waals surface area (Å²) in [7, 11) is 3.11. The first-order chi connectivity index (χ1) is 10.0. The van der Waals surface area contributed by atoms with Crippen LogP contribution in [-0.4, -0.2) is 31.7 Å². The summed E-state index contributed by atoms with van der Waals surface area (Å²) in [5.41, 5.74) is 1.13. The molecule has 0 aliphatic carbocycles. The van der Waals surface area contributed by atoms with Gasteiger partial charge in [0.2, 0.25) is 5.91 Å². The third kappa shape index (κ3) is 3.34. The minimum absolute atomic E-state index is 0.112. The quantitative estimate of drug-likeness (QED) is 0.867. The molecule has 0 radical (unpaired) electrons. The molecule has 0 atom stereocenters. The van der Waals surface area contributed by atoms with E-state index in [1.807, 2.05) is 6.07 Å². The van der Waals surface area contributed by atoms with Crippen LogP contribution in [0.1, 0.15) is 12.5 Å². The molecule has 2 N–H and O–H groups in total. The summed E-state index contributed by atoms with van der Waals surface area (Å²) in [5.74, 6) is 1.05. The van der Waals surface area contributed by atoms with Crippen molar-refractivity contribution in [1.29, 1.82) is 0 Å². The van der Waals surface area contributed by atoms with E-state index in [9.17, 15) is 9.59 Å². The number of benzene rings is 1. The first kappa shape index (κ1) is 14.9. The number of amides is 1. The highest BCUT2D eigenvalue weighted by Gasteiger charge is 2.09. The highest BCUT2D eigenvalue weighted by Crippen LogP contribution is 2.30. The zero-order valence-electron chi connectivity index (χ0n) is 12.3. The Morgan fingerprint density at radius 1 is 1.19 bits per heavy atom. The van der Waals surface area contributed by atoms with Crippen molar-refractivity contribution in [3.8, 4) is 11.5 Å². The van der Waals surface area contributed by atoms with Crippen molar-refractivity contribution in [2.75, 3.05) is 20.8 Å². The molecular weight excluding hydrogens is 272 g/mol. The Labute approximate surface area is 122 Å². The van der Waals surface area contributed by atoms with Crippen LogP contribution in [0.2, 0.25) is 0 Å². The second kappa shape index (κ2) is 6.30. The number of aromatic nitrogens is 1. The Morgan fingerprint density at radius 3 is 2.48 bits per heavy atom. The van der Waals surface area contributed by atoms with Gasteiger partial charge in [0.1, 0.15) is 0 Å². The smallest absolute Gasteiger partial charge is 0.251 e. The Balaban J connectivity index is 2.39. The highest BCUT2D eigenvalue weighted by atomic mass is 16.5. The maximum absolute atomic E-state index is 12.0. The standard InChI is InChI=1S/C15H18N2O4/c1-9(18)16-5-4-10-6-11-7-13(20-2)14(21-3)8-12(11)17-15(10)19/h6-8H,4-5H2,1-3H3,(H,16,18)(H,17,19). The van der Waals surface area contributed by atoms with Crippen LogP contribution in [0.15, 0.2) is 23.0 Å². The van der Waals surface area contributed by atoms with Gasteiger partial charge < -0.3 is 19.8 Å². The maximum atomic E-state index is 12.0. The number of pyridine rings is 1.